The Labute approximate surface area is 206 Å². The minimum atomic E-state index is -0.887. The maximum absolute atomic E-state index is 13.3. The zero-order valence-electron chi connectivity index (χ0n) is 22.9. The lowest BCUT2D eigenvalue weighted by Gasteiger charge is -2.38. The summed E-state index contributed by atoms with van der Waals surface area (Å²) in [6, 6.07) is 8.50. The van der Waals surface area contributed by atoms with Gasteiger partial charge in [-0.25, -0.2) is 0 Å². The molecule has 7 heteroatoms. The number of aliphatic carboxylic acids is 1. The van der Waals surface area contributed by atoms with Gasteiger partial charge in [0.15, 0.2) is 0 Å². The highest BCUT2D eigenvalue weighted by Gasteiger charge is 2.40. The summed E-state index contributed by atoms with van der Waals surface area (Å²) in [6.07, 6.45) is 1.60. The van der Waals surface area contributed by atoms with Crippen LogP contribution in [0.25, 0.3) is 0 Å². The highest BCUT2D eigenvalue weighted by Crippen LogP contribution is 2.28. The van der Waals surface area contributed by atoms with Crippen LogP contribution in [0.3, 0.4) is 0 Å². The smallest absolute Gasteiger partial charge is 0.306 e. The van der Waals surface area contributed by atoms with Gasteiger partial charge in [-0.3, -0.25) is 14.4 Å². The van der Waals surface area contributed by atoms with E-state index in [1.165, 1.54) is 11.3 Å². The van der Waals surface area contributed by atoms with Crippen LogP contribution in [0.2, 0.25) is 0 Å². The average molecular weight is 478 g/mol. The SMILES string of the molecule is CCC.CN[C@H](C(=O)NC(C(=O)N(C)CC[C@H](C)C(=O)O)C(C)(C)C)C(C)(C)c1ccccc1. The van der Waals surface area contributed by atoms with Crippen LogP contribution in [0.1, 0.15) is 73.8 Å². The van der Waals surface area contributed by atoms with Crippen LogP contribution in [0.15, 0.2) is 30.3 Å². The summed E-state index contributed by atoms with van der Waals surface area (Å²) in [5, 5.41) is 15.2. The fraction of sp³-hybridized carbons (Fsp3) is 0.667. The number of hydrogen-bond acceptors (Lipinski definition) is 4. The van der Waals surface area contributed by atoms with Crippen molar-refractivity contribution in [3.8, 4) is 0 Å². The highest BCUT2D eigenvalue weighted by atomic mass is 16.4. The Morgan fingerprint density at radius 1 is 1.00 bits per heavy atom. The van der Waals surface area contributed by atoms with Crippen LogP contribution in [0, 0.1) is 11.3 Å². The molecule has 0 saturated carbocycles. The number of amides is 2. The molecular formula is C27H47N3O4. The van der Waals surface area contributed by atoms with E-state index in [2.05, 4.69) is 24.5 Å². The van der Waals surface area contributed by atoms with E-state index in [0.29, 0.717) is 13.0 Å². The molecule has 0 saturated heterocycles. The number of carboxylic acid groups (broad SMARTS) is 1. The van der Waals surface area contributed by atoms with E-state index in [1.807, 2.05) is 65.0 Å². The fourth-order valence-corrected chi connectivity index (χ4v) is 3.57. The van der Waals surface area contributed by atoms with Crippen molar-refractivity contribution in [2.75, 3.05) is 20.6 Å². The summed E-state index contributed by atoms with van der Waals surface area (Å²) in [4.78, 5) is 39.1. The van der Waals surface area contributed by atoms with Gasteiger partial charge in [-0.2, -0.15) is 0 Å². The molecule has 2 amide bonds. The Bertz CT molecular complexity index is 772. The van der Waals surface area contributed by atoms with Crippen molar-refractivity contribution in [3.05, 3.63) is 35.9 Å². The summed E-state index contributed by atoms with van der Waals surface area (Å²) in [7, 11) is 3.38. The Morgan fingerprint density at radius 2 is 1.50 bits per heavy atom. The number of nitrogens with one attached hydrogen (secondary N) is 2. The van der Waals surface area contributed by atoms with Gasteiger partial charge in [-0.15, -0.1) is 0 Å². The van der Waals surface area contributed by atoms with Gasteiger partial charge >= 0.3 is 5.97 Å². The topological polar surface area (TPSA) is 98.7 Å². The molecule has 1 unspecified atom stereocenters. The molecule has 0 fully saturated rings. The molecule has 0 aliphatic heterocycles. The summed E-state index contributed by atoms with van der Waals surface area (Å²) >= 11 is 0. The van der Waals surface area contributed by atoms with Gasteiger partial charge in [0.25, 0.3) is 0 Å². The quantitative estimate of drug-likeness (QED) is 0.472. The van der Waals surface area contributed by atoms with E-state index in [0.717, 1.165) is 5.56 Å². The third-order valence-corrected chi connectivity index (χ3v) is 5.89. The van der Waals surface area contributed by atoms with Crippen molar-refractivity contribution in [1.82, 2.24) is 15.5 Å². The summed E-state index contributed by atoms with van der Waals surface area (Å²) in [5.41, 5.74) is -0.00822. The molecule has 3 atom stereocenters. The van der Waals surface area contributed by atoms with Crippen molar-refractivity contribution in [2.24, 2.45) is 11.3 Å². The van der Waals surface area contributed by atoms with E-state index in [-0.39, 0.29) is 11.8 Å². The van der Waals surface area contributed by atoms with Crippen molar-refractivity contribution in [1.29, 1.82) is 0 Å². The van der Waals surface area contributed by atoms with E-state index in [9.17, 15) is 14.4 Å². The lowest BCUT2D eigenvalue weighted by atomic mass is 9.76. The number of benzene rings is 1. The Kier molecular flexibility index (Phi) is 13.1. The number of hydrogen-bond donors (Lipinski definition) is 3. The van der Waals surface area contributed by atoms with Crippen LogP contribution >= 0.6 is 0 Å². The Balaban J connectivity index is 0.00000343. The first-order valence-corrected chi connectivity index (χ1v) is 12.2. The third-order valence-electron chi connectivity index (χ3n) is 5.89. The summed E-state index contributed by atoms with van der Waals surface area (Å²) in [5.74, 6) is -1.91. The molecule has 7 nitrogen and oxygen atoms in total. The second kappa shape index (κ2) is 14.1. The largest absolute Gasteiger partial charge is 0.481 e. The van der Waals surface area contributed by atoms with Crippen LogP contribution in [-0.4, -0.2) is 60.5 Å². The minimum absolute atomic E-state index is 0.231. The molecule has 0 bridgehead atoms. The molecule has 0 aromatic heterocycles. The molecule has 0 radical (unpaired) electrons. The van der Waals surface area contributed by atoms with Gasteiger partial charge in [-0.1, -0.05) is 92.1 Å². The molecule has 0 aliphatic carbocycles. The van der Waals surface area contributed by atoms with Crippen LogP contribution in [0.4, 0.5) is 0 Å². The molecule has 3 N–H and O–H groups in total. The fourth-order valence-electron chi connectivity index (χ4n) is 3.57. The average Bonchev–Trinajstić information content (AvgIpc) is 2.75. The zero-order chi connectivity index (χ0) is 26.7. The normalized spacial score (nSPS) is 14.2. The molecule has 0 spiro atoms. The third kappa shape index (κ3) is 9.45. The van der Waals surface area contributed by atoms with E-state index in [1.54, 1.807) is 21.0 Å². The van der Waals surface area contributed by atoms with Crippen LogP contribution in [-0.2, 0) is 19.8 Å². The van der Waals surface area contributed by atoms with Gasteiger partial charge in [0, 0.05) is 19.0 Å². The van der Waals surface area contributed by atoms with E-state index >= 15 is 0 Å². The summed E-state index contributed by atoms with van der Waals surface area (Å²) in [6.45, 7) is 15.9. The van der Waals surface area contributed by atoms with Crippen molar-refractivity contribution in [2.45, 2.75) is 85.7 Å². The molecule has 1 rings (SSSR count). The van der Waals surface area contributed by atoms with E-state index in [4.69, 9.17) is 5.11 Å². The maximum Gasteiger partial charge on any atom is 0.306 e. The lowest BCUT2D eigenvalue weighted by Crippen LogP contribution is -2.60. The van der Waals surface area contributed by atoms with Gasteiger partial charge < -0.3 is 20.6 Å². The molecule has 0 aliphatic rings. The molecule has 194 valence electrons. The van der Waals surface area contributed by atoms with E-state index < -0.39 is 34.8 Å². The first kappa shape index (κ1) is 31.6. The first-order valence-electron chi connectivity index (χ1n) is 12.2. The predicted octanol–water partition coefficient (Wildman–Crippen LogP) is 4.07. The van der Waals surface area contributed by atoms with Crippen LogP contribution < -0.4 is 10.6 Å². The molecular weight excluding hydrogens is 430 g/mol. The van der Waals surface area contributed by atoms with Crippen molar-refractivity contribution < 1.29 is 19.5 Å². The standard InChI is InChI=1S/C24H39N3O4.C3H8/c1-16(22(30)31)14-15-27(8)21(29)19(23(2,3)4)26-20(28)18(25-7)24(5,6)17-12-10-9-11-13-17;1-3-2/h9-13,16,18-19,25H,14-15H2,1-8H3,(H,26,28)(H,30,31);3H2,1-2H3/t16-,18+,19?;/m0./s1. The second-order valence-corrected chi connectivity index (χ2v) is 10.6. The molecule has 34 heavy (non-hydrogen) atoms. The second-order valence-electron chi connectivity index (χ2n) is 10.6. The number of carbonyl (C=O) groups excluding carboxylic acids is 2. The zero-order valence-corrected chi connectivity index (χ0v) is 22.9. The maximum atomic E-state index is 13.3. The van der Waals surface area contributed by atoms with Crippen molar-refractivity contribution >= 4 is 17.8 Å². The Morgan fingerprint density at radius 3 is 1.91 bits per heavy atom. The Hall–Kier alpha value is -2.41. The first-order chi connectivity index (χ1) is 15.6. The predicted molar refractivity (Wildman–Crippen MR) is 139 cm³/mol. The molecule has 0 heterocycles. The number of carbonyl (C=O) groups is 3. The van der Waals surface area contributed by atoms with Gasteiger partial charge in [0.05, 0.1) is 12.0 Å². The summed E-state index contributed by atoms with van der Waals surface area (Å²) < 4.78 is 0. The number of nitrogens with zero attached hydrogens (tertiary/aromatic N) is 1. The highest BCUT2D eigenvalue weighted by molar-refractivity contribution is 5.91. The number of carboxylic acids is 1. The van der Waals surface area contributed by atoms with Crippen molar-refractivity contribution in [3.63, 3.8) is 0 Å². The molecule has 1 aromatic carbocycles. The van der Waals surface area contributed by atoms with Gasteiger partial charge in [-0.05, 0) is 24.4 Å². The molecule has 1 aromatic rings. The van der Waals surface area contributed by atoms with Gasteiger partial charge in [0.1, 0.15) is 6.04 Å². The minimum Gasteiger partial charge on any atom is -0.481 e. The van der Waals surface area contributed by atoms with Gasteiger partial charge in [0.2, 0.25) is 11.8 Å². The van der Waals surface area contributed by atoms with Crippen LogP contribution in [0.5, 0.6) is 0 Å². The number of likely N-dealkylation sites (N-methyl/N-ethyl adjacent to an activating group) is 2. The lowest BCUT2D eigenvalue weighted by molar-refractivity contribution is -0.143. The number of rotatable bonds is 10. The monoisotopic (exact) mass is 477 g/mol.